The fourth-order valence-corrected chi connectivity index (χ4v) is 5.84. The van der Waals surface area contributed by atoms with Gasteiger partial charge in [-0.05, 0) is 51.4 Å². The molecule has 0 aliphatic heterocycles. The molecule has 0 atom stereocenters. The van der Waals surface area contributed by atoms with Crippen LogP contribution in [0.15, 0.2) is 115 Å². The molecule has 6 rings (SSSR count). The van der Waals surface area contributed by atoms with Gasteiger partial charge in [-0.15, -0.1) is 11.3 Å². The molecule has 33 heavy (non-hydrogen) atoms. The van der Waals surface area contributed by atoms with Gasteiger partial charge in [-0.1, -0.05) is 116 Å². The predicted octanol–water partition coefficient (Wildman–Crippen LogP) is 9.62. The van der Waals surface area contributed by atoms with Gasteiger partial charge in [-0.2, -0.15) is 0 Å². The summed E-state index contributed by atoms with van der Waals surface area (Å²) in [5, 5.41) is 2.69. The van der Waals surface area contributed by atoms with Gasteiger partial charge in [0.2, 0.25) is 0 Å². The fraction of sp³-hybridized carbons (Fsp3) is 0.0625. The maximum absolute atomic E-state index is 2.26. The lowest BCUT2D eigenvalue weighted by molar-refractivity contribution is 1.14. The number of fused-ring (bicyclic) bond motifs is 3. The van der Waals surface area contributed by atoms with E-state index >= 15 is 0 Å². The molecule has 6 aromatic rings. The molecule has 0 spiro atoms. The van der Waals surface area contributed by atoms with Crippen LogP contribution in [0, 0.1) is 0 Å². The highest BCUT2D eigenvalue weighted by Crippen LogP contribution is 2.40. The number of aryl methyl sites for hydroxylation is 1. The Balaban J connectivity index is 1.31. The van der Waals surface area contributed by atoms with Crippen LogP contribution in [0.5, 0.6) is 0 Å². The van der Waals surface area contributed by atoms with Crippen molar-refractivity contribution in [3.8, 4) is 33.4 Å². The van der Waals surface area contributed by atoms with Crippen LogP contribution < -0.4 is 0 Å². The minimum atomic E-state index is 1.08. The van der Waals surface area contributed by atoms with Crippen molar-refractivity contribution in [3.05, 3.63) is 121 Å². The molecule has 158 valence electrons. The van der Waals surface area contributed by atoms with Crippen molar-refractivity contribution in [2.75, 3.05) is 0 Å². The molecular formula is C32H24S. The van der Waals surface area contributed by atoms with E-state index in [4.69, 9.17) is 0 Å². The minimum Gasteiger partial charge on any atom is -0.135 e. The molecule has 0 saturated carbocycles. The average Bonchev–Trinajstić information content (AvgIpc) is 3.28. The van der Waals surface area contributed by atoms with Gasteiger partial charge in [0.05, 0.1) is 0 Å². The smallest absolute Gasteiger partial charge is 0.0433 e. The van der Waals surface area contributed by atoms with Crippen LogP contribution in [0.3, 0.4) is 0 Å². The van der Waals surface area contributed by atoms with Crippen molar-refractivity contribution in [2.24, 2.45) is 0 Å². The Morgan fingerprint density at radius 2 is 1.00 bits per heavy atom. The van der Waals surface area contributed by atoms with E-state index in [0.29, 0.717) is 0 Å². The molecule has 0 saturated heterocycles. The third-order valence-electron chi connectivity index (χ3n) is 6.51. The summed E-state index contributed by atoms with van der Waals surface area (Å²) in [6, 6.07) is 42.1. The maximum Gasteiger partial charge on any atom is 0.0433 e. The highest BCUT2D eigenvalue weighted by Gasteiger charge is 2.10. The third kappa shape index (κ3) is 3.65. The molecular weight excluding hydrogens is 416 g/mol. The van der Waals surface area contributed by atoms with Crippen LogP contribution in [0.1, 0.15) is 12.5 Å². The number of thiophene rings is 1. The van der Waals surface area contributed by atoms with Gasteiger partial charge in [0.15, 0.2) is 0 Å². The maximum atomic E-state index is 2.26. The first kappa shape index (κ1) is 20.0. The van der Waals surface area contributed by atoms with Crippen molar-refractivity contribution in [1.82, 2.24) is 0 Å². The number of rotatable bonds is 4. The molecule has 0 nitrogen and oxygen atoms in total. The molecule has 1 heterocycles. The van der Waals surface area contributed by atoms with Crippen molar-refractivity contribution < 1.29 is 0 Å². The van der Waals surface area contributed by atoms with E-state index in [2.05, 4.69) is 122 Å². The molecule has 0 N–H and O–H groups in total. The van der Waals surface area contributed by atoms with Crippen LogP contribution in [0.25, 0.3) is 53.6 Å². The van der Waals surface area contributed by atoms with Crippen LogP contribution in [0.2, 0.25) is 0 Å². The molecule has 0 radical (unpaired) electrons. The summed E-state index contributed by atoms with van der Waals surface area (Å²) in [5.41, 5.74) is 8.97. The number of hydrogen-bond donors (Lipinski definition) is 0. The Kier molecular flexibility index (Phi) is 5.05. The van der Waals surface area contributed by atoms with Crippen molar-refractivity contribution in [3.63, 3.8) is 0 Å². The van der Waals surface area contributed by atoms with Gasteiger partial charge in [-0.3, -0.25) is 0 Å². The molecule has 0 amide bonds. The Hall–Kier alpha value is -3.68. The second-order valence-electron chi connectivity index (χ2n) is 8.49. The summed E-state index contributed by atoms with van der Waals surface area (Å²) in [4.78, 5) is 0. The van der Waals surface area contributed by atoms with Gasteiger partial charge >= 0.3 is 0 Å². The van der Waals surface area contributed by atoms with E-state index < -0.39 is 0 Å². The van der Waals surface area contributed by atoms with E-state index in [0.717, 1.165) is 6.42 Å². The van der Waals surface area contributed by atoms with Crippen molar-refractivity contribution in [1.29, 1.82) is 0 Å². The molecule has 0 bridgehead atoms. The molecule has 0 aliphatic rings. The first-order valence-electron chi connectivity index (χ1n) is 11.5. The zero-order chi connectivity index (χ0) is 22.2. The molecule has 1 aromatic heterocycles. The van der Waals surface area contributed by atoms with E-state index in [1.54, 1.807) is 0 Å². The minimum absolute atomic E-state index is 1.08. The van der Waals surface area contributed by atoms with E-state index in [1.165, 1.54) is 59.1 Å². The first-order valence-corrected chi connectivity index (χ1v) is 12.3. The lowest BCUT2D eigenvalue weighted by Gasteiger charge is -2.08. The molecule has 0 aliphatic carbocycles. The van der Waals surface area contributed by atoms with Gasteiger partial charge < -0.3 is 0 Å². The van der Waals surface area contributed by atoms with E-state index in [9.17, 15) is 0 Å². The normalized spacial score (nSPS) is 11.3. The monoisotopic (exact) mass is 440 g/mol. The SMILES string of the molecule is CCc1ccc(-c2ccc(-c3ccc(-c4cccc5c4sc4ccccc45)cc3)cc2)cc1. The largest absolute Gasteiger partial charge is 0.135 e. The van der Waals surface area contributed by atoms with Crippen LogP contribution >= 0.6 is 11.3 Å². The number of hydrogen-bond acceptors (Lipinski definition) is 1. The summed E-state index contributed by atoms with van der Waals surface area (Å²) in [6.45, 7) is 2.19. The van der Waals surface area contributed by atoms with Crippen molar-refractivity contribution >= 4 is 31.5 Å². The summed E-state index contributed by atoms with van der Waals surface area (Å²) < 4.78 is 2.71. The summed E-state index contributed by atoms with van der Waals surface area (Å²) >= 11 is 1.89. The topological polar surface area (TPSA) is 0 Å². The van der Waals surface area contributed by atoms with Gasteiger partial charge in [0.1, 0.15) is 0 Å². The number of benzene rings is 5. The summed E-state index contributed by atoms with van der Waals surface area (Å²) in [7, 11) is 0. The summed E-state index contributed by atoms with van der Waals surface area (Å²) in [6.07, 6.45) is 1.08. The van der Waals surface area contributed by atoms with Gasteiger partial charge in [0, 0.05) is 20.2 Å². The second-order valence-corrected chi connectivity index (χ2v) is 9.54. The quantitative estimate of drug-likeness (QED) is 0.256. The van der Waals surface area contributed by atoms with Gasteiger partial charge in [0.25, 0.3) is 0 Å². The zero-order valence-corrected chi connectivity index (χ0v) is 19.4. The fourth-order valence-electron chi connectivity index (χ4n) is 4.60. The Morgan fingerprint density at radius 1 is 0.485 bits per heavy atom. The predicted molar refractivity (Wildman–Crippen MR) is 145 cm³/mol. The molecule has 0 unspecified atom stereocenters. The first-order chi connectivity index (χ1) is 16.3. The molecule has 1 heteroatoms. The highest BCUT2D eigenvalue weighted by atomic mass is 32.1. The van der Waals surface area contributed by atoms with E-state index in [1.807, 2.05) is 11.3 Å². The average molecular weight is 441 g/mol. The lowest BCUT2D eigenvalue weighted by Crippen LogP contribution is -1.83. The van der Waals surface area contributed by atoms with Crippen LogP contribution in [-0.4, -0.2) is 0 Å². The molecule has 5 aromatic carbocycles. The van der Waals surface area contributed by atoms with E-state index in [-0.39, 0.29) is 0 Å². The lowest BCUT2D eigenvalue weighted by atomic mass is 9.97. The standard InChI is InChI=1S/C32H24S/c1-2-22-10-12-23(13-11-22)24-14-16-25(17-15-24)26-18-20-27(21-19-26)28-7-5-8-30-29-6-3-4-9-31(29)33-32(28)30/h3-21H,2H2,1H3. The Bertz CT molecular complexity index is 1550. The van der Waals surface area contributed by atoms with Crippen LogP contribution in [-0.2, 0) is 6.42 Å². The third-order valence-corrected chi connectivity index (χ3v) is 7.73. The van der Waals surface area contributed by atoms with Gasteiger partial charge in [-0.25, -0.2) is 0 Å². The van der Waals surface area contributed by atoms with Crippen LogP contribution in [0.4, 0.5) is 0 Å². The Morgan fingerprint density at radius 3 is 1.61 bits per heavy atom. The molecule has 0 fully saturated rings. The second kappa shape index (κ2) is 8.35. The summed E-state index contributed by atoms with van der Waals surface area (Å²) in [5.74, 6) is 0. The highest BCUT2D eigenvalue weighted by molar-refractivity contribution is 7.26. The van der Waals surface area contributed by atoms with Crippen molar-refractivity contribution in [2.45, 2.75) is 13.3 Å². The zero-order valence-electron chi connectivity index (χ0n) is 18.6. The Labute approximate surface area is 198 Å².